The first-order valence-electron chi connectivity index (χ1n) is 6.87. The average Bonchev–Trinajstić information content (AvgIpc) is 2.39. The van der Waals surface area contributed by atoms with Crippen LogP contribution in [-0.2, 0) is 28.9 Å². The van der Waals surface area contributed by atoms with Crippen LogP contribution >= 0.6 is 0 Å². The third-order valence-electron chi connectivity index (χ3n) is 3.27. The van der Waals surface area contributed by atoms with Crippen LogP contribution in [0.2, 0.25) is 0 Å². The highest BCUT2D eigenvalue weighted by Gasteiger charge is 2.07. The Hall–Kier alpha value is -1.52. The molecule has 0 fully saturated rings. The fraction of sp³-hybridized carbons (Fsp3) is 0.294. The van der Waals surface area contributed by atoms with E-state index in [0.717, 1.165) is 11.1 Å². The summed E-state index contributed by atoms with van der Waals surface area (Å²) in [6.45, 7) is 4.23. The predicted octanol–water partition coefficient (Wildman–Crippen LogP) is 3.35. The van der Waals surface area contributed by atoms with Crippen molar-refractivity contribution < 1.29 is 8.60 Å². The number of benzene rings is 2. The zero-order chi connectivity index (χ0) is 15.4. The van der Waals surface area contributed by atoms with Crippen molar-refractivity contribution in [1.29, 1.82) is 0 Å². The summed E-state index contributed by atoms with van der Waals surface area (Å²) in [6.07, 6.45) is 0. The Morgan fingerprint density at radius 1 is 1.00 bits per heavy atom. The molecular formula is C17H20FNOS. The van der Waals surface area contributed by atoms with E-state index >= 15 is 0 Å². The van der Waals surface area contributed by atoms with Crippen LogP contribution in [0.4, 0.5) is 4.39 Å². The highest BCUT2D eigenvalue weighted by Crippen LogP contribution is 2.15. The van der Waals surface area contributed by atoms with E-state index in [2.05, 4.69) is 18.2 Å². The minimum Gasteiger partial charge on any atom is -0.326 e. The fourth-order valence-electron chi connectivity index (χ4n) is 2.45. The molecule has 0 aliphatic rings. The quantitative estimate of drug-likeness (QED) is 0.920. The second kappa shape index (κ2) is 6.96. The van der Waals surface area contributed by atoms with E-state index in [4.69, 9.17) is 5.73 Å². The van der Waals surface area contributed by atoms with Gasteiger partial charge in [-0.05, 0) is 31.0 Å². The van der Waals surface area contributed by atoms with Gasteiger partial charge < -0.3 is 5.73 Å². The molecule has 0 bridgehead atoms. The van der Waals surface area contributed by atoms with Crippen molar-refractivity contribution in [2.24, 2.45) is 5.73 Å². The smallest absolute Gasteiger partial charge is 0.127 e. The van der Waals surface area contributed by atoms with Gasteiger partial charge in [0.2, 0.25) is 0 Å². The first-order valence-corrected chi connectivity index (χ1v) is 8.36. The molecule has 2 aromatic carbocycles. The summed E-state index contributed by atoms with van der Waals surface area (Å²) < 4.78 is 25.7. The topological polar surface area (TPSA) is 43.1 Å². The summed E-state index contributed by atoms with van der Waals surface area (Å²) in [6, 6.07) is 11.0. The van der Waals surface area contributed by atoms with Crippen LogP contribution in [0.3, 0.4) is 0 Å². The molecule has 0 spiro atoms. The van der Waals surface area contributed by atoms with Crippen LogP contribution in [0.5, 0.6) is 0 Å². The van der Waals surface area contributed by atoms with E-state index in [1.807, 2.05) is 13.8 Å². The Morgan fingerprint density at radius 3 is 2.24 bits per heavy atom. The molecule has 2 nitrogen and oxygen atoms in total. The second-order valence-corrected chi connectivity index (χ2v) is 6.81. The summed E-state index contributed by atoms with van der Waals surface area (Å²) in [7, 11) is -1.02. The Labute approximate surface area is 127 Å². The van der Waals surface area contributed by atoms with Gasteiger partial charge in [0, 0.05) is 34.4 Å². The minimum atomic E-state index is -1.02. The molecule has 21 heavy (non-hydrogen) atoms. The number of rotatable bonds is 5. The van der Waals surface area contributed by atoms with Gasteiger partial charge in [-0.1, -0.05) is 41.5 Å². The first kappa shape index (κ1) is 15.9. The number of nitrogens with two attached hydrogens (primary N) is 1. The molecule has 0 aromatic heterocycles. The molecule has 0 radical (unpaired) electrons. The number of hydrogen-bond acceptors (Lipinski definition) is 2. The fourth-order valence-corrected chi connectivity index (χ4v) is 3.64. The molecule has 4 heteroatoms. The molecule has 2 rings (SSSR count). The van der Waals surface area contributed by atoms with Crippen LogP contribution in [-0.4, -0.2) is 4.21 Å². The number of halogens is 1. The maximum Gasteiger partial charge on any atom is 0.127 e. The van der Waals surface area contributed by atoms with Crippen molar-refractivity contribution in [3.8, 4) is 0 Å². The summed E-state index contributed by atoms with van der Waals surface area (Å²) in [4.78, 5) is 0. The van der Waals surface area contributed by atoms with Gasteiger partial charge in [-0.15, -0.1) is 0 Å². The zero-order valence-electron chi connectivity index (χ0n) is 12.4. The molecule has 1 unspecified atom stereocenters. The molecule has 112 valence electrons. The van der Waals surface area contributed by atoms with Gasteiger partial charge in [-0.25, -0.2) is 4.39 Å². The van der Waals surface area contributed by atoms with Crippen molar-refractivity contribution in [3.63, 3.8) is 0 Å². The standard InChI is InChI=1S/C17H20FNOS/c1-12-5-13(2)7-15(6-12)11-21(20)10-14-3-4-17(18)16(8-14)9-19/h3-8H,9-11,19H2,1-2H3. The highest BCUT2D eigenvalue weighted by atomic mass is 32.2. The van der Waals surface area contributed by atoms with Gasteiger partial charge in [0.1, 0.15) is 5.82 Å². The molecular weight excluding hydrogens is 285 g/mol. The normalized spacial score (nSPS) is 12.4. The second-order valence-electron chi connectivity index (χ2n) is 5.35. The van der Waals surface area contributed by atoms with E-state index in [1.165, 1.54) is 17.2 Å². The maximum atomic E-state index is 13.4. The van der Waals surface area contributed by atoms with Crippen molar-refractivity contribution in [2.75, 3.05) is 0 Å². The average molecular weight is 305 g/mol. The van der Waals surface area contributed by atoms with E-state index in [-0.39, 0.29) is 12.4 Å². The lowest BCUT2D eigenvalue weighted by molar-refractivity contribution is 0.610. The summed E-state index contributed by atoms with van der Waals surface area (Å²) in [5, 5.41) is 0. The van der Waals surface area contributed by atoms with E-state index in [1.54, 1.807) is 12.1 Å². The monoisotopic (exact) mass is 305 g/mol. The van der Waals surface area contributed by atoms with Gasteiger partial charge in [0.05, 0.1) is 0 Å². The zero-order valence-corrected chi connectivity index (χ0v) is 13.2. The summed E-state index contributed by atoms with van der Waals surface area (Å²) >= 11 is 0. The van der Waals surface area contributed by atoms with E-state index < -0.39 is 10.8 Å². The third kappa shape index (κ3) is 4.48. The molecule has 0 aliphatic heterocycles. The molecule has 1 atom stereocenters. The summed E-state index contributed by atoms with van der Waals surface area (Å²) in [5.74, 6) is 0.624. The largest absolute Gasteiger partial charge is 0.326 e. The molecule has 0 saturated heterocycles. The minimum absolute atomic E-state index is 0.156. The molecule has 0 aliphatic carbocycles. The molecule has 0 amide bonds. The van der Waals surface area contributed by atoms with Gasteiger partial charge in [0.25, 0.3) is 0 Å². The Bertz CT molecular complexity index is 650. The van der Waals surface area contributed by atoms with Gasteiger partial charge >= 0.3 is 0 Å². The predicted molar refractivity (Wildman–Crippen MR) is 85.8 cm³/mol. The highest BCUT2D eigenvalue weighted by molar-refractivity contribution is 7.83. The van der Waals surface area contributed by atoms with Gasteiger partial charge in [0.15, 0.2) is 0 Å². The van der Waals surface area contributed by atoms with Crippen LogP contribution in [0, 0.1) is 19.7 Å². The van der Waals surface area contributed by atoms with Crippen molar-refractivity contribution in [1.82, 2.24) is 0 Å². The Kier molecular flexibility index (Phi) is 5.26. The van der Waals surface area contributed by atoms with Crippen molar-refractivity contribution >= 4 is 10.8 Å². The lowest BCUT2D eigenvalue weighted by atomic mass is 10.1. The lowest BCUT2D eigenvalue weighted by Crippen LogP contribution is -2.04. The van der Waals surface area contributed by atoms with Crippen molar-refractivity contribution in [3.05, 3.63) is 70.0 Å². The van der Waals surface area contributed by atoms with Gasteiger partial charge in [-0.3, -0.25) is 4.21 Å². The van der Waals surface area contributed by atoms with Crippen LogP contribution in [0.15, 0.2) is 36.4 Å². The molecule has 2 aromatic rings. The SMILES string of the molecule is Cc1cc(C)cc(CS(=O)Cc2ccc(F)c(CN)c2)c1. The molecule has 0 saturated carbocycles. The summed E-state index contributed by atoms with van der Waals surface area (Å²) in [5.41, 5.74) is 10.2. The third-order valence-corrected chi connectivity index (χ3v) is 4.58. The maximum absolute atomic E-state index is 13.4. The van der Waals surface area contributed by atoms with E-state index in [9.17, 15) is 8.60 Å². The number of hydrogen-bond donors (Lipinski definition) is 1. The number of aryl methyl sites for hydroxylation is 2. The van der Waals surface area contributed by atoms with Crippen LogP contribution < -0.4 is 5.73 Å². The Balaban J connectivity index is 2.08. The Morgan fingerprint density at radius 2 is 1.62 bits per heavy atom. The van der Waals surface area contributed by atoms with Crippen LogP contribution in [0.25, 0.3) is 0 Å². The van der Waals surface area contributed by atoms with E-state index in [0.29, 0.717) is 17.1 Å². The van der Waals surface area contributed by atoms with Crippen molar-refractivity contribution in [2.45, 2.75) is 31.9 Å². The van der Waals surface area contributed by atoms with Gasteiger partial charge in [-0.2, -0.15) is 0 Å². The van der Waals surface area contributed by atoms with Crippen LogP contribution in [0.1, 0.15) is 27.8 Å². The first-order chi connectivity index (χ1) is 9.97. The molecule has 2 N–H and O–H groups in total. The lowest BCUT2D eigenvalue weighted by Gasteiger charge is -2.07. The molecule has 0 heterocycles.